The Hall–Kier alpha value is -2.13. The summed E-state index contributed by atoms with van der Waals surface area (Å²) in [5.74, 6) is -0.942. The largest absolute Gasteiger partial charge is 0.405 e. The van der Waals surface area contributed by atoms with Gasteiger partial charge in [-0.25, -0.2) is 0 Å². The van der Waals surface area contributed by atoms with E-state index < -0.39 is 19.5 Å². The molecule has 0 aromatic heterocycles. The van der Waals surface area contributed by atoms with Crippen LogP contribution < -0.4 is 10.4 Å². The lowest BCUT2D eigenvalue weighted by Gasteiger charge is -2.44. The molecule has 5 atom stereocenters. The zero-order valence-electron chi connectivity index (χ0n) is 31.3. The van der Waals surface area contributed by atoms with E-state index in [0.717, 1.165) is 37.7 Å². The highest BCUT2D eigenvalue weighted by Gasteiger charge is 2.51. The van der Waals surface area contributed by atoms with Gasteiger partial charge in [-0.1, -0.05) is 116 Å². The number of carbonyl (C=O) groups excluding carboxylic acids is 1. The molecule has 274 valence electrons. The zero-order valence-corrected chi connectivity index (χ0v) is 32.3. The first-order valence-corrected chi connectivity index (χ1v) is 20.1. The van der Waals surface area contributed by atoms with Gasteiger partial charge < -0.3 is 23.4 Å². The highest BCUT2D eigenvalue weighted by molar-refractivity contribution is 6.99. The number of allylic oxidation sites excluding steroid dienone is 1. The molecule has 0 bridgehead atoms. The van der Waals surface area contributed by atoms with Gasteiger partial charge in [0.1, 0.15) is 5.78 Å². The van der Waals surface area contributed by atoms with Gasteiger partial charge in [0.2, 0.25) is 0 Å². The van der Waals surface area contributed by atoms with Crippen molar-refractivity contribution in [2.75, 3.05) is 13.2 Å². The second kappa shape index (κ2) is 17.4. The van der Waals surface area contributed by atoms with Crippen LogP contribution in [0.4, 0.5) is 0 Å². The molecule has 0 N–H and O–H groups in total. The summed E-state index contributed by atoms with van der Waals surface area (Å²) >= 11 is 0. The third kappa shape index (κ3) is 10.0. The molecule has 2 aliphatic rings. The molecule has 2 saturated heterocycles. The van der Waals surface area contributed by atoms with Crippen LogP contribution in [-0.4, -0.2) is 57.7 Å². The highest BCUT2D eigenvalue weighted by Crippen LogP contribution is 2.39. The maximum Gasteiger partial charge on any atom is 0.261 e. The topological polar surface area (TPSA) is 63.2 Å². The summed E-state index contributed by atoms with van der Waals surface area (Å²) in [6.45, 7) is 22.4. The Morgan fingerprint density at radius 2 is 1.53 bits per heavy atom. The quantitative estimate of drug-likeness (QED) is 0.145. The third-order valence-corrected chi connectivity index (χ3v) is 15.4. The van der Waals surface area contributed by atoms with Crippen LogP contribution in [0.25, 0.3) is 0 Å². The summed E-state index contributed by atoms with van der Waals surface area (Å²) in [7, 11) is -2.65. The number of ketones is 1. The van der Waals surface area contributed by atoms with Crippen molar-refractivity contribution >= 4 is 24.5 Å². The Morgan fingerprint density at radius 1 is 0.939 bits per heavy atom. The van der Waals surface area contributed by atoms with Gasteiger partial charge in [0.05, 0.1) is 24.2 Å². The first-order chi connectivity index (χ1) is 22.6. The number of ether oxygens (including phenoxy) is 4. The van der Waals surface area contributed by atoms with Crippen LogP contribution in [-0.2, 0) is 28.2 Å². The Bertz CT molecular complexity index is 1290. The van der Waals surface area contributed by atoms with Crippen molar-refractivity contribution < 1.29 is 28.2 Å². The average Bonchev–Trinajstić information content (AvgIpc) is 3.05. The molecule has 2 fully saturated rings. The maximum absolute atomic E-state index is 14.3. The third-order valence-electron chi connectivity index (χ3n) is 10.3. The van der Waals surface area contributed by atoms with Gasteiger partial charge in [-0.2, -0.15) is 0 Å². The minimum Gasteiger partial charge on any atom is -0.405 e. The molecule has 2 aromatic rings. The molecule has 7 heteroatoms. The van der Waals surface area contributed by atoms with E-state index in [1.165, 1.54) is 10.4 Å². The Morgan fingerprint density at radius 3 is 2.04 bits per heavy atom. The van der Waals surface area contributed by atoms with Crippen molar-refractivity contribution in [3.05, 3.63) is 72.3 Å². The van der Waals surface area contributed by atoms with Crippen LogP contribution in [0.1, 0.15) is 115 Å². The number of Topliss-reactive ketones (excluding diaryl/α,β-unsaturated/α-hetero) is 1. The Labute approximate surface area is 299 Å². The van der Waals surface area contributed by atoms with E-state index in [-0.39, 0.29) is 48.8 Å². The first-order valence-electron chi connectivity index (χ1n) is 18.2. The van der Waals surface area contributed by atoms with Crippen LogP contribution >= 0.6 is 0 Å². The van der Waals surface area contributed by atoms with Gasteiger partial charge in [0, 0.05) is 18.6 Å². The number of carbonyl (C=O) groups is 1. The van der Waals surface area contributed by atoms with Gasteiger partial charge in [-0.05, 0) is 87.2 Å². The van der Waals surface area contributed by atoms with Gasteiger partial charge in [-0.3, -0.25) is 4.79 Å². The lowest BCUT2D eigenvalue weighted by atomic mass is 9.73. The minimum atomic E-state index is -2.65. The molecule has 6 nitrogen and oxygen atoms in total. The van der Waals surface area contributed by atoms with E-state index in [0.29, 0.717) is 19.6 Å². The van der Waals surface area contributed by atoms with E-state index >= 15 is 0 Å². The molecule has 2 aromatic carbocycles. The standard InChI is InChI=1S/C41H62O6Si.CH4/c1-30(20-19-21-31(2)47-48(39(4,5)6,33-22-13-11-14-23-33)34-24-15-12-16-25-34)37(45-36-26-17-18-28-43-36)32(3)38(42)40(7,8)35-27-29-44-41(9,10)46-35;/h11-16,20,22-25,31-32,35-37H,17-19,21,26-29H2,1-10H3;1H4/b30-20+;/t31?,32-,35+,36?,37?;/m1./s1. The summed E-state index contributed by atoms with van der Waals surface area (Å²) in [4.78, 5) is 14.3. The molecule has 3 unspecified atom stereocenters. The molecule has 4 rings (SSSR count). The monoisotopic (exact) mass is 694 g/mol. The summed E-state index contributed by atoms with van der Waals surface area (Å²) in [5, 5.41) is 2.49. The van der Waals surface area contributed by atoms with E-state index in [2.05, 4.69) is 101 Å². The summed E-state index contributed by atoms with van der Waals surface area (Å²) in [6, 6.07) is 21.6. The van der Waals surface area contributed by atoms with Gasteiger partial charge in [-0.15, -0.1) is 0 Å². The number of rotatable bonds is 14. The predicted octanol–water partition coefficient (Wildman–Crippen LogP) is 9.00. The van der Waals surface area contributed by atoms with E-state index in [9.17, 15) is 4.79 Å². The van der Waals surface area contributed by atoms with Crippen molar-refractivity contribution in [3.63, 3.8) is 0 Å². The van der Waals surface area contributed by atoms with Crippen molar-refractivity contribution in [1.29, 1.82) is 0 Å². The van der Waals surface area contributed by atoms with Crippen molar-refractivity contribution in [1.82, 2.24) is 0 Å². The normalized spacial score (nSPS) is 22.4. The second-order valence-corrected chi connectivity index (χ2v) is 20.2. The molecule has 2 heterocycles. The first kappa shape index (κ1) is 41.3. The zero-order chi connectivity index (χ0) is 35.2. The Balaban J connectivity index is 0.00000650. The fraction of sp³-hybridized carbons (Fsp3) is 0.643. The molecule has 0 radical (unpaired) electrons. The van der Waals surface area contributed by atoms with Gasteiger partial charge >= 0.3 is 0 Å². The predicted molar refractivity (Wildman–Crippen MR) is 204 cm³/mol. The molecular weight excluding hydrogens is 629 g/mol. The molecule has 49 heavy (non-hydrogen) atoms. The maximum atomic E-state index is 14.3. The average molecular weight is 695 g/mol. The van der Waals surface area contributed by atoms with E-state index in [1.807, 2.05) is 34.6 Å². The van der Waals surface area contributed by atoms with Crippen LogP contribution in [0, 0.1) is 11.3 Å². The van der Waals surface area contributed by atoms with E-state index in [4.69, 9.17) is 23.4 Å². The molecule has 0 saturated carbocycles. The summed E-state index contributed by atoms with van der Waals surface area (Å²) in [6.07, 6.45) is 6.66. The second-order valence-electron chi connectivity index (χ2n) is 16.0. The molecule has 0 aliphatic carbocycles. The van der Waals surface area contributed by atoms with Crippen LogP contribution in [0.3, 0.4) is 0 Å². The van der Waals surface area contributed by atoms with Gasteiger partial charge in [0.25, 0.3) is 8.32 Å². The lowest BCUT2D eigenvalue weighted by molar-refractivity contribution is -0.289. The van der Waals surface area contributed by atoms with Crippen molar-refractivity contribution in [3.8, 4) is 0 Å². The fourth-order valence-electron chi connectivity index (χ4n) is 7.55. The van der Waals surface area contributed by atoms with Crippen molar-refractivity contribution in [2.24, 2.45) is 11.3 Å². The summed E-state index contributed by atoms with van der Waals surface area (Å²) in [5.41, 5.74) is 0.361. The number of hydrogen-bond acceptors (Lipinski definition) is 6. The van der Waals surface area contributed by atoms with E-state index in [1.54, 1.807) is 0 Å². The van der Waals surface area contributed by atoms with Crippen LogP contribution in [0.15, 0.2) is 72.3 Å². The molecule has 0 amide bonds. The Kier molecular flexibility index (Phi) is 14.7. The highest BCUT2D eigenvalue weighted by atomic mass is 28.4. The molecular formula is C42H66O6Si. The van der Waals surface area contributed by atoms with Crippen LogP contribution in [0.2, 0.25) is 5.04 Å². The SMILES string of the molecule is C.C/C(=C\CCC(C)O[Si](c1ccccc1)(c1ccccc1)C(C)(C)C)C(OC1CCCCO1)[C@@H](C)C(=O)C(C)(C)[C@@H]1CCOC(C)(C)O1. The minimum absolute atomic E-state index is 0. The van der Waals surface area contributed by atoms with Crippen LogP contribution in [0.5, 0.6) is 0 Å². The summed E-state index contributed by atoms with van der Waals surface area (Å²) < 4.78 is 32.1. The molecule has 2 aliphatic heterocycles. The lowest BCUT2D eigenvalue weighted by Crippen LogP contribution is -2.67. The smallest absolute Gasteiger partial charge is 0.261 e. The van der Waals surface area contributed by atoms with Gasteiger partial charge in [0.15, 0.2) is 12.1 Å². The fourth-order valence-corrected chi connectivity index (χ4v) is 12.3. The van der Waals surface area contributed by atoms with Crippen molar-refractivity contribution in [2.45, 2.75) is 151 Å². The number of benzene rings is 2. The molecule has 0 spiro atoms. The number of hydrogen-bond donors (Lipinski definition) is 0.